The third kappa shape index (κ3) is 5.67. The van der Waals surface area contributed by atoms with Crippen LogP contribution in [0.15, 0.2) is 5.38 Å². The second-order valence-electron chi connectivity index (χ2n) is 5.51. The van der Waals surface area contributed by atoms with Crippen LogP contribution in [0.1, 0.15) is 26.5 Å². The van der Waals surface area contributed by atoms with Gasteiger partial charge in [-0.1, -0.05) is 20.8 Å². The Bertz CT molecular complexity index is 417. The lowest BCUT2D eigenvalue weighted by molar-refractivity contribution is -0.117. The molecule has 1 amide bonds. The van der Waals surface area contributed by atoms with E-state index < -0.39 is 0 Å². The number of rotatable bonds is 7. The average Bonchev–Trinajstić information content (AvgIpc) is 2.73. The molecule has 0 aliphatic heterocycles. The van der Waals surface area contributed by atoms with Gasteiger partial charge in [0.15, 0.2) is 5.13 Å². The van der Waals surface area contributed by atoms with Gasteiger partial charge in [0.05, 0.1) is 12.2 Å². The van der Waals surface area contributed by atoms with E-state index in [0.29, 0.717) is 18.2 Å². The van der Waals surface area contributed by atoms with Crippen molar-refractivity contribution in [1.29, 1.82) is 0 Å². The van der Waals surface area contributed by atoms with Gasteiger partial charge in [-0.3, -0.25) is 9.69 Å². The topological polar surface area (TPSA) is 71.2 Å². The second kappa shape index (κ2) is 6.98. The fourth-order valence-corrected chi connectivity index (χ4v) is 2.43. The minimum Gasteiger partial charge on any atom is -0.330 e. The van der Waals surface area contributed by atoms with Crippen LogP contribution in [0.4, 0.5) is 5.13 Å². The molecule has 0 aromatic carbocycles. The largest absolute Gasteiger partial charge is 0.330 e. The summed E-state index contributed by atoms with van der Waals surface area (Å²) in [6.45, 7) is 10.8. The van der Waals surface area contributed by atoms with E-state index >= 15 is 0 Å². The number of nitrogens with zero attached hydrogens (tertiary/aromatic N) is 2. The quantitative estimate of drug-likeness (QED) is 0.799. The first-order valence-corrected chi connectivity index (χ1v) is 7.38. The third-order valence-corrected chi connectivity index (χ3v) is 3.76. The molecule has 0 saturated carbocycles. The molecule has 0 aliphatic rings. The van der Waals surface area contributed by atoms with Crippen molar-refractivity contribution in [2.24, 2.45) is 11.1 Å². The van der Waals surface area contributed by atoms with Crippen LogP contribution in [0.5, 0.6) is 0 Å². The number of nitrogens with one attached hydrogen (secondary N) is 1. The molecule has 19 heavy (non-hydrogen) atoms. The highest BCUT2D eigenvalue weighted by Crippen LogP contribution is 2.16. The Morgan fingerprint density at radius 1 is 1.58 bits per heavy atom. The van der Waals surface area contributed by atoms with Gasteiger partial charge >= 0.3 is 0 Å². The molecule has 0 saturated heterocycles. The summed E-state index contributed by atoms with van der Waals surface area (Å²) in [5.41, 5.74) is 6.68. The van der Waals surface area contributed by atoms with Gasteiger partial charge in [-0.25, -0.2) is 4.98 Å². The fourth-order valence-electron chi connectivity index (χ4n) is 1.72. The predicted molar refractivity (Wildman–Crippen MR) is 80.4 cm³/mol. The molecule has 0 radical (unpaired) electrons. The van der Waals surface area contributed by atoms with Gasteiger partial charge in [0.25, 0.3) is 0 Å². The molecule has 3 N–H and O–H groups in total. The number of amides is 1. The number of thiazole rings is 1. The van der Waals surface area contributed by atoms with Crippen LogP contribution in [0.3, 0.4) is 0 Å². The van der Waals surface area contributed by atoms with E-state index in [1.165, 1.54) is 11.3 Å². The number of aromatic nitrogens is 1. The number of aryl methyl sites for hydroxylation is 1. The molecule has 0 atom stereocenters. The monoisotopic (exact) mass is 284 g/mol. The molecular formula is C13H24N4OS. The van der Waals surface area contributed by atoms with E-state index in [0.717, 1.165) is 18.8 Å². The summed E-state index contributed by atoms with van der Waals surface area (Å²) in [7, 11) is 0. The van der Waals surface area contributed by atoms with Gasteiger partial charge in [0.1, 0.15) is 0 Å². The average molecular weight is 284 g/mol. The van der Waals surface area contributed by atoms with Crippen LogP contribution in [-0.4, -0.2) is 42.0 Å². The van der Waals surface area contributed by atoms with E-state index in [4.69, 9.17) is 5.73 Å². The molecular weight excluding hydrogens is 260 g/mol. The standard InChI is InChI=1S/C13H24N4OS/c1-5-17(9-13(3,4)8-14)6-11(18)16-12-15-10(2)7-19-12/h7H,5-6,8-9,14H2,1-4H3,(H,15,16,18). The Labute approximate surface area is 119 Å². The second-order valence-corrected chi connectivity index (χ2v) is 6.37. The zero-order valence-corrected chi connectivity index (χ0v) is 13.0. The highest BCUT2D eigenvalue weighted by molar-refractivity contribution is 7.13. The smallest absolute Gasteiger partial charge is 0.240 e. The number of hydrogen-bond donors (Lipinski definition) is 2. The first-order chi connectivity index (χ1) is 8.86. The summed E-state index contributed by atoms with van der Waals surface area (Å²) in [4.78, 5) is 18.3. The van der Waals surface area contributed by atoms with Crippen LogP contribution in [0.25, 0.3) is 0 Å². The first kappa shape index (κ1) is 16.1. The van der Waals surface area contributed by atoms with E-state index in [2.05, 4.69) is 29.0 Å². The number of carbonyl (C=O) groups is 1. The SMILES string of the molecule is CCN(CC(=O)Nc1nc(C)cs1)CC(C)(C)CN. The van der Waals surface area contributed by atoms with Crippen LogP contribution >= 0.6 is 11.3 Å². The van der Waals surface area contributed by atoms with Crippen LogP contribution < -0.4 is 11.1 Å². The van der Waals surface area contributed by atoms with Gasteiger partial charge in [0, 0.05) is 11.9 Å². The van der Waals surface area contributed by atoms with Crippen molar-refractivity contribution in [2.45, 2.75) is 27.7 Å². The van der Waals surface area contributed by atoms with Crippen molar-refractivity contribution in [1.82, 2.24) is 9.88 Å². The van der Waals surface area contributed by atoms with Gasteiger partial charge in [0.2, 0.25) is 5.91 Å². The molecule has 1 aromatic heterocycles. The fraction of sp³-hybridized carbons (Fsp3) is 0.692. The van der Waals surface area contributed by atoms with Crippen molar-refractivity contribution in [3.05, 3.63) is 11.1 Å². The van der Waals surface area contributed by atoms with E-state index in [-0.39, 0.29) is 11.3 Å². The Balaban J connectivity index is 2.49. The van der Waals surface area contributed by atoms with Crippen molar-refractivity contribution < 1.29 is 4.79 Å². The molecule has 0 bridgehead atoms. The number of nitrogens with two attached hydrogens (primary N) is 1. The lowest BCUT2D eigenvalue weighted by atomic mass is 9.93. The molecule has 1 heterocycles. The molecule has 1 aromatic rings. The molecule has 0 spiro atoms. The summed E-state index contributed by atoms with van der Waals surface area (Å²) >= 11 is 1.45. The van der Waals surface area contributed by atoms with Crippen molar-refractivity contribution in [3.8, 4) is 0 Å². The van der Waals surface area contributed by atoms with Crippen LogP contribution in [0, 0.1) is 12.3 Å². The Morgan fingerprint density at radius 3 is 2.74 bits per heavy atom. The molecule has 0 fully saturated rings. The maximum atomic E-state index is 11.9. The Kier molecular flexibility index (Phi) is 5.90. The Morgan fingerprint density at radius 2 is 2.26 bits per heavy atom. The number of carbonyl (C=O) groups excluding carboxylic acids is 1. The highest BCUT2D eigenvalue weighted by Gasteiger charge is 2.21. The molecule has 108 valence electrons. The number of hydrogen-bond acceptors (Lipinski definition) is 5. The molecule has 0 unspecified atom stereocenters. The van der Waals surface area contributed by atoms with Crippen molar-refractivity contribution in [2.75, 3.05) is 31.5 Å². The lowest BCUT2D eigenvalue weighted by Crippen LogP contribution is -2.42. The third-order valence-electron chi connectivity index (χ3n) is 2.88. The number of anilines is 1. The normalized spacial score (nSPS) is 11.9. The van der Waals surface area contributed by atoms with Crippen LogP contribution in [-0.2, 0) is 4.79 Å². The highest BCUT2D eigenvalue weighted by atomic mass is 32.1. The zero-order chi connectivity index (χ0) is 14.5. The lowest BCUT2D eigenvalue weighted by Gasteiger charge is -2.30. The van der Waals surface area contributed by atoms with Crippen molar-refractivity contribution in [3.63, 3.8) is 0 Å². The molecule has 5 nitrogen and oxygen atoms in total. The van der Waals surface area contributed by atoms with Crippen LogP contribution in [0.2, 0.25) is 0 Å². The maximum Gasteiger partial charge on any atom is 0.240 e. The maximum absolute atomic E-state index is 11.9. The van der Waals surface area contributed by atoms with Gasteiger partial charge in [-0.2, -0.15) is 0 Å². The van der Waals surface area contributed by atoms with Gasteiger partial charge < -0.3 is 11.1 Å². The summed E-state index contributed by atoms with van der Waals surface area (Å²) in [6.07, 6.45) is 0. The summed E-state index contributed by atoms with van der Waals surface area (Å²) in [5, 5.41) is 5.41. The van der Waals surface area contributed by atoms with Crippen molar-refractivity contribution >= 4 is 22.4 Å². The molecule has 1 rings (SSSR count). The number of likely N-dealkylation sites (N-methyl/N-ethyl adjacent to an activating group) is 1. The summed E-state index contributed by atoms with van der Waals surface area (Å²) in [6, 6.07) is 0. The van der Waals surface area contributed by atoms with Gasteiger partial charge in [-0.15, -0.1) is 11.3 Å². The first-order valence-electron chi connectivity index (χ1n) is 6.50. The van der Waals surface area contributed by atoms with E-state index in [1.54, 1.807) is 0 Å². The minimum absolute atomic E-state index is 0.0219. The van der Waals surface area contributed by atoms with Gasteiger partial charge in [-0.05, 0) is 25.4 Å². The zero-order valence-electron chi connectivity index (χ0n) is 12.2. The van der Waals surface area contributed by atoms with E-state index in [9.17, 15) is 4.79 Å². The predicted octanol–water partition coefficient (Wildman–Crippen LogP) is 1.70. The molecule has 0 aliphatic carbocycles. The summed E-state index contributed by atoms with van der Waals surface area (Å²) < 4.78 is 0. The molecule has 6 heteroatoms. The van der Waals surface area contributed by atoms with E-state index in [1.807, 2.05) is 19.2 Å². The minimum atomic E-state index is -0.0241. The Hall–Kier alpha value is -0.980. The summed E-state index contributed by atoms with van der Waals surface area (Å²) in [5.74, 6) is -0.0241.